The van der Waals surface area contributed by atoms with Gasteiger partial charge < -0.3 is 9.30 Å². The Labute approximate surface area is 108 Å². The number of hydrogen-bond donors (Lipinski definition) is 0. The van der Waals surface area contributed by atoms with Gasteiger partial charge in [0.15, 0.2) is 0 Å². The summed E-state index contributed by atoms with van der Waals surface area (Å²) >= 11 is 0. The second kappa shape index (κ2) is 5.25. The van der Waals surface area contributed by atoms with E-state index in [0.29, 0.717) is 11.8 Å². The molecule has 0 atom stereocenters. The van der Waals surface area contributed by atoms with Crippen LogP contribution in [0.3, 0.4) is 0 Å². The van der Waals surface area contributed by atoms with Crippen molar-refractivity contribution in [3.8, 4) is 5.88 Å². The molecule has 0 amide bonds. The Morgan fingerprint density at radius 1 is 1.28 bits per heavy atom. The Hall–Kier alpha value is -1.77. The summed E-state index contributed by atoms with van der Waals surface area (Å²) in [5, 5.41) is 0. The summed E-state index contributed by atoms with van der Waals surface area (Å²) in [6.07, 6.45) is 4.39. The Kier molecular flexibility index (Phi) is 3.70. The minimum absolute atomic E-state index is 0.560. The molecule has 0 aliphatic rings. The Morgan fingerprint density at radius 2 is 2.06 bits per heavy atom. The predicted octanol–water partition coefficient (Wildman–Crippen LogP) is 3.37. The number of aromatic nitrogens is 2. The van der Waals surface area contributed by atoms with Gasteiger partial charge in [-0.25, -0.2) is 4.98 Å². The first kappa shape index (κ1) is 12.7. The van der Waals surface area contributed by atoms with Crippen LogP contribution in [0.25, 0.3) is 0 Å². The third-order valence-corrected chi connectivity index (χ3v) is 3.08. The minimum Gasteiger partial charge on any atom is -0.481 e. The maximum atomic E-state index is 5.14. The SMILES string of the molecule is COc1cccc(Cn2cc(C)c(C(C)C)c2)n1. The predicted molar refractivity (Wildman–Crippen MR) is 73.1 cm³/mol. The highest BCUT2D eigenvalue weighted by Crippen LogP contribution is 2.20. The molecule has 2 heterocycles. The fourth-order valence-electron chi connectivity index (χ4n) is 2.18. The zero-order valence-electron chi connectivity index (χ0n) is 11.5. The van der Waals surface area contributed by atoms with Crippen molar-refractivity contribution in [1.82, 2.24) is 9.55 Å². The van der Waals surface area contributed by atoms with E-state index in [-0.39, 0.29) is 0 Å². The van der Waals surface area contributed by atoms with Gasteiger partial charge in [-0.3, -0.25) is 0 Å². The lowest BCUT2D eigenvalue weighted by Crippen LogP contribution is -2.00. The van der Waals surface area contributed by atoms with Gasteiger partial charge in [-0.1, -0.05) is 19.9 Å². The third-order valence-electron chi connectivity index (χ3n) is 3.08. The molecule has 0 unspecified atom stereocenters. The van der Waals surface area contributed by atoms with Gasteiger partial charge in [0.05, 0.1) is 19.3 Å². The lowest BCUT2D eigenvalue weighted by atomic mass is 10.0. The molecule has 0 aliphatic carbocycles. The fraction of sp³-hybridized carbons (Fsp3) is 0.400. The van der Waals surface area contributed by atoms with E-state index < -0.39 is 0 Å². The van der Waals surface area contributed by atoms with E-state index in [2.05, 4.69) is 42.7 Å². The van der Waals surface area contributed by atoms with Crippen molar-refractivity contribution in [1.29, 1.82) is 0 Å². The summed E-state index contributed by atoms with van der Waals surface area (Å²) < 4.78 is 7.33. The number of rotatable bonds is 4. The molecule has 0 spiro atoms. The van der Waals surface area contributed by atoms with Crippen LogP contribution in [-0.2, 0) is 6.54 Å². The average Bonchev–Trinajstić information content (AvgIpc) is 2.70. The molecule has 0 radical (unpaired) electrons. The highest BCUT2D eigenvalue weighted by atomic mass is 16.5. The molecule has 2 aromatic rings. The zero-order chi connectivity index (χ0) is 13.1. The van der Waals surface area contributed by atoms with Crippen molar-refractivity contribution < 1.29 is 4.74 Å². The molecular formula is C15H20N2O. The van der Waals surface area contributed by atoms with Crippen molar-refractivity contribution in [3.05, 3.63) is 47.4 Å². The van der Waals surface area contributed by atoms with Crippen molar-refractivity contribution in [2.75, 3.05) is 7.11 Å². The summed E-state index contributed by atoms with van der Waals surface area (Å²) in [5.41, 5.74) is 3.76. The van der Waals surface area contributed by atoms with Gasteiger partial charge in [0, 0.05) is 18.5 Å². The summed E-state index contributed by atoms with van der Waals surface area (Å²) in [6.45, 7) is 7.38. The molecule has 2 rings (SSSR count). The van der Waals surface area contributed by atoms with Crippen LogP contribution in [0.4, 0.5) is 0 Å². The van der Waals surface area contributed by atoms with Crippen LogP contribution in [0.2, 0.25) is 0 Å². The first-order valence-corrected chi connectivity index (χ1v) is 6.26. The van der Waals surface area contributed by atoms with Gasteiger partial charge in [0.1, 0.15) is 0 Å². The molecule has 0 aromatic carbocycles. The van der Waals surface area contributed by atoms with Crippen LogP contribution in [-0.4, -0.2) is 16.7 Å². The monoisotopic (exact) mass is 244 g/mol. The van der Waals surface area contributed by atoms with Gasteiger partial charge in [-0.15, -0.1) is 0 Å². The molecule has 0 fully saturated rings. The van der Waals surface area contributed by atoms with Gasteiger partial charge in [-0.05, 0) is 30.0 Å². The summed E-state index contributed by atoms with van der Waals surface area (Å²) in [6, 6.07) is 5.86. The van der Waals surface area contributed by atoms with E-state index in [9.17, 15) is 0 Å². The average molecular weight is 244 g/mol. The lowest BCUT2D eigenvalue weighted by Gasteiger charge is -2.05. The standard InChI is InChI=1S/C15H20N2O/c1-11(2)14-10-17(8-12(14)3)9-13-6-5-7-15(16-13)18-4/h5-8,10-11H,9H2,1-4H3. The Balaban J connectivity index is 2.20. The number of ether oxygens (including phenoxy) is 1. The maximum absolute atomic E-state index is 5.14. The van der Waals surface area contributed by atoms with Gasteiger partial charge in [0.25, 0.3) is 0 Å². The molecule has 0 saturated heterocycles. The van der Waals surface area contributed by atoms with Gasteiger partial charge in [0.2, 0.25) is 5.88 Å². The van der Waals surface area contributed by atoms with Crippen LogP contribution >= 0.6 is 0 Å². The molecule has 0 saturated carbocycles. The topological polar surface area (TPSA) is 27.1 Å². The molecule has 0 bridgehead atoms. The number of aryl methyl sites for hydroxylation is 1. The largest absolute Gasteiger partial charge is 0.481 e. The summed E-state index contributed by atoms with van der Waals surface area (Å²) in [4.78, 5) is 4.43. The van der Waals surface area contributed by atoms with E-state index >= 15 is 0 Å². The number of pyridine rings is 1. The number of methoxy groups -OCH3 is 1. The molecule has 0 aliphatic heterocycles. The molecule has 3 nitrogen and oxygen atoms in total. The van der Waals surface area contributed by atoms with Crippen molar-refractivity contribution >= 4 is 0 Å². The van der Waals surface area contributed by atoms with E-state index in [1.807, 2.05) is 18.2 Å². The van der Waals surface area contributed by atoms with Gasteiger partial charge in [-0.2, -0.15) is 0 Å². The highest BCUT2D eigenvalue weighted by Gasteiger charge is 2.07. The first-order valence-electron chi connectivity index (χ1n) is 6.26. The lowest BCUT2D eigenvalue weighted by molar-refractivity contribution is 0.396. The molecular weight excluding hydrogens is 224 g/mol. The molecule has 96 valence electrons. The van der Waals surface area contributed by atoms with E-state index in [1.54, 1.807) is 7.11 Å². The number of nitrogens with zero attached hydrogens (tertiary/aromatic N) is 2. The van der Waals surface area contributed by atoms with E-state index in [1.165, 1.54) is 11.1 Å². The quantitative estimate of drug-likeness (QED) is 0.824. The summed E-state index contributed by atoms with van der Waals surface area (Å²) in [7, 11) is 1.64. The van der Waals surface area contributed by atoms with Crippen molar-refractivity contribution in [2.24, 2.45) is 0 Å². The molecule has 3 heteroatoms. The van der Waals surface area contributed by atoms with Crippen LogP contribution < -0.4 is 4.74 Å². The molecule has 0 N–H and O–H groups in total. The molecule has 18 heavy (non-hydrogen) atoms. The second-order valence-electron chi connectivity index (χ2n) is 4.89. The normalized spacial score (nSPS) is 10.9. The van der Waals surface area contributed by atoms with Crippen molar-refractivity contribution in [2.45, 2.75) is 33.2 Å². The fourth-order valence-corrected chi connectivity index (χ4v) is 2.18. The highest BCUT2D eigenvalue weighted by molar-refractivity contribution is 5.26. The number of hydrogen-bond acceptors (Lipinski definition) is 2. The van der Waals surface area contributed by atoms with E-state index in [0.717, 1.165) is 12.2 Å². The summed E-state index contributed by atoms with van der Waals surface area (Å²) in [5.74, 6) is 1.23. The van der Waals surface area contributed by atoms with Crippen LogP contribution in [0.1, 0.15) is 36.6 Å². The van der Waals surface area contributed by atoms with Crippen LogP contribution in [0.5, 0.6) is 5.88 Å². The van der Waals surface area contributed by atoms with Crippen molar-refractivity contribution in [3.63, 3.8) is 0 Å². The smallest absolute Gasteiger partial charge is 0.213 e. The van der Waals surface area contributed by atoms with Crippen LogP contribution in [0.15, 0.2) is 30.6 Å². The zero-order valence-corrected chi connectivity index (χ0v) is 11.5. The second-order valence-corrected chi connectivity index (χ2v) is 4.89. The first-order chi connectivity index (χ1) is 8.60. The third kappa shape index (κ3) is 2.73. The Bertz CT molecular complexity index is 529. The Morgan fingerprint density at radius 3 is 2.67 bits per heavy atom. The van der Waals surface area contributed by atoms with Crippen LogP contribution in [0, 0.1) is 6.92 Å². The minimum atomic E-state index is 0.560. The maximum Gasteiger partial charge on any atom is 0.213 e. The van der Waals surface area contributed by atoms with E-state index in [4.69, 9.17) is 4.74 Å². The van der Waals surface area contributed by atoms with Gasteiger partial charge >= 0.3 is 0 Å². The molecule has 2 aromatic heterocycles.